The summed E-state index contributed by atoms with van der Waals surface area (Å²) in [6, 6.07) is 5.85. The van der Waals surface area contributed by atoms with Crippen molar-refractivity contribution >= 4 is 21.1 Å². The van der Waals surface area contributed by atoms with Crippen molar-refractivity contribution in [3.8, 4) is 0 Å². The van der Waals surface area contributed by atoms with E-state index < -0.39 is 14.8 Å². The zero-order valence-corrected chi connectivity index (χ0v) is 9.69. The molecule has 0 N–H and O–H groups in total. The molecule has 1 rings (SSSR count). The van der Waals surface area contributed by atoms with Gasteiger partial charge in [0.2, 0.25) is 0 Å². The molecule has 0 radical (unpaired) electrons. The molecule has 0 bridgehead atoms. The van der Waals surface area contributed by atoms with Crippen LogP contribution < -0.4 is 0 Å². The molecule has 0 fully saturated rings. The van der Waals surface area contributed by atoms with E-state index in [2.05, 4.69) is 0 Å². The van der Waals surface area contributed by atoms with E-state index in [1.165, 1.54) is 18.2 Å². The summed E-state index contributed by atoms with van der Waals surface area (Å²) < 4.78 is 22.0. The quantitative estimate of drug-likeness (QED) is 0.599. The van der Waals surface area contributed by atoms with Gasteiger partial charge in [-0.3, -0.25) is 10.1 Å². The van der Waals surface area contributed by atoms with Crippen molar-refractivity contribution in [2.24, 2.45) is 0 Å². The Morgan fingerprint density at radius 2 is 2.06 bits per heavy atom. The smallest absolute Gasteiger partial charge is 0.258 e. The minimum absolute atomic E-state index is 0.0567. The van der Waals surface area contributed by atoms with Gasteiger partial charge in [-0.25, -0.2) is 8.42 Å². The number of allylic oxidation sites excluding steroid dienone is 1. The molecule has 1 aromatic rings. The Bertz CT molecular complexity index is 546. The Kier molecular flexibility index (Phi) is 3.44. The lowest BCUT2D eigenvalue weighted by molar-refractivity contribution is -0.384. The van der Waals surface area contributed by atoms with Crippen LogP contribution in [0.3, 0.4) is 0 Å². The monoisotopic (exact) mass is 241 g/mol. The van der Waals surface area contributed by atoms with Crippen LogP contribution in [-0.4, -0.2) is 19.6 Å². The van der Waals surface area contributed by atoms with Crippen molar-refractivity contribution in [1.82, 2.24) is 0 Å². The van der Waals surface area contributed by atoms with Crippen molar-refractivity contribution < 1.29 is 13.3 Å². The third-order valence-electron chi connectivity index (χ3n) is 1.90. The number of non-ortho nitro benzene ring substituents is 1. The van der Waals surface area contributed by atoms with Crippen LogP contribution in [-0.2, 0) is 9.84 Å². The first kappa shape index (κ1) is 12.4. The van der Waals surface area contributed by atoms with Crippen molar-refractivity contribution in [2.75, 3.05) is 6.26 Å². The van der Waals surface area contributed by atoms with E-state index in [0.29, 0.717) is 11.1 Å². The SMILES string of the molecule is C/C(=C\S(C)(=O)=O)c1cccc([N+](=O)[O-])c1. The van der Waals surface area contributed by atoms with Crippen LogP contribution in [0.5, 0.6) is 0 Å². The van der Waals surface area contributed by atoms with E-state index >= 15 is 0 Å². The number of hydrogen-bond acceptors (Lipinski definition) is 4. The van der Waals surface area contributed by atoms with E-state index in [1.54, 1.807) is 13.0 Å². The lowest BCUT2D eigenvalue weighted by atomic mass is 10.1. The molecule has 0 saturated carbocycles. The Morgan fingerprint density at radius 1 is 1.44 bits per heavy atom. The molecule has 0 aliphatic rings. The molecule has 0 aliphatic heterocycles. The fourth-order valence-electron chi connectivity index (χ4n) is 1.25. The lowest BCUT2D eigenvalue weighted by Crippen LogP contribution is -1.93. The highest BCUT2D eigenvalue weighted by molar-refractivity contribution is 7.93. The van der Waals surface area contributed by atoms with Gasteiger partial charge in [0.1, 0.15) is 0 Å². The van der Waals surface area contributed by atoms with E-state index in [9.17, 15) is 18.5 Å². The second kappa shape index (κ2) is 4.44. The molecule has 0 aliphatic carbocycles. The van der Waals surface area contributed by atoms with E-state index in [-0.39, 0.29) is 5.69 Å². The van der Waals surface area contributed by atoms with Crippen LogP contribution in [0.15, 0.2) is 29.7 Å². The molecular formula is C10H11NO4S. The molecular weight excluding hydrogens is 230 g/mol. The third kappa shape index (κ3) is 3.47. The maximum absolute atomic E-state index is 11.0. The highest BCUT2D eigenvalue weighted by Crippen LogP contribution is 2.20. The molecule has 0 heterocycles. The number of benzene rings is 1. The standard InChI is InChI=1S/C10H11NO4S/c1-8(7-16(2,14)15)9-4-3-5-10(6-9)11(12)13/h3-7H,1-2H3/b8-7+. The average molecular weight is 241 g/mol. The Hall–Kier alpha value is -1.69. The topological polar surface area (TPSA) is 77.3 Å². The van der Waals surface area contributed by atoms with Crippen molar-refractivity contribution in [2.45, 2.75) is 6.92 Å². The highest BCUT2D eigenvalue weighted by Gasteiger charge is 2.07. The summed E-state index contributed by atoms with van der Waals surface area (Å²) >= 11 is 0. The fourth-order valence-corrected chi connectivity index (χ4v) is 2.03. The van der Waals surface area contributed by atoms with Gasteiger partial charge >= 0.3 is 0 Å². The number of hydrogen-bond donors (Lipinski definition) is 0. The Balaban J connectivity index is 3.20. The van der Waals surface area contributed by atoms with Crippen molar-refractivity contribution in [3.05, 3.63) is 45.4 Å². The summed E-state index contributed by atoms with van der Waals surface area (Å²) in [6.45, 7) is 1.60. The summed E-state index contributed by atoms with van der Waals surface area (Å²) in [5.74, 6) is 0. The van der Waals surface area contributed by atoms with Gasteiger partial charge in [0.15, 0.2) is 9.84 Å². The molecule has 0 spiro atoms. The number of nitro benzene ring substituents is 1. The third-order valence-corrected chi connectivity index (χ3v) is 2.68. The minimum atomic E-state index is -3.24. The van der Waals surface area contributed by atoms with Gasteiger partial charge in [0.05, 0.1) is 4.92 Å². The summed E-state index contributed by atoms with van der Waals surface area (Å²) in [4.78, 5) is 10.0. The van der Waals surface area contributed by atoms with Gasteiger partial charge in [-0.2, -0.15) is 0 Å². The van der Waals surface area contributed by atoms with Gasteiger partial charge in [-0.05, 0) is 18.1 Å². The fraction of sp³-hybridized carbons (Fsp3) is 0.200. The zero-order valence-electron chi connectivity index (χ0n) is 8.88. The van der Waals surface area contributed by atoms with Crippen LogP contribution in [0, 0.1) is 10.1 Å². The van der Waals surface area contributed by atoms with Crippen LogP contribution in [0.4, 0.5) is 5.69 Å². The normalized spacial score (nSPS) is 12.5. The molecule has 6 heteroatoms. The van der Waals surface area contributed by atoms with Crippen LogP contribution >= 0.6 is 0 Å². The van der Waals surface area contributed by atoms with Crippen LogP contribution in [0.1, 0.15) is 12.5 Å². The minimum Gasteiger partial charge on any atom is -0.258 e. The van der Waals surface area contributed by atoms with Gasteiger partial charge in [0, 0.05) is 23.8 Å². The van der Waals surface area contributed by atoms with Gasteiger partial charge in [0.25, 0.3) is 5.69 Å². The van der Waals surface area contributed by atoms with Crippen LogP contribution in [0.25, 0.3) is 5.57 Å². The maximum Gasteiger partial charge on any atom is 0.270 e. The predicted molar refractivity (Wildman–Crippen MR) is 61.6 cm³/mol. The van der Waals surface area contributed by atoms with Crippen molar-refractivity contribution in [1.29, 1.82) is 0 Å². The number of nitro groups is 1. The predicted octanol–water partition coefficient (Wildman–Crippen LogP) is 2.00. The van der Waals surface area contributed by atoms with Gasteiger partial charge in [-0.15, -0.1) is 0 Å². The first-order chi connectivity index (χ1) is 7.29. The molecule has 0 saturated heterocycles. The summed E-state index contributed by atoms with van der Waals surface area (Å²) in [5, 5.41) is 11.6. The zero-order chi connectivity index (χ0) is 12.3. The first-order valence-corrected chi connectivity index (χ1v) is 6.38. The molecule has 5 nitrogen and oxygen atoms in total. The van der Waals surface area contributed by atoms with E-state index in [4.69, 9.17) is 0 Å². The van der Waals surface area contributed by atoms with Crippen LogP contribution in [0.2, 0.25) is 0 Å². The second-order valence-electron chi connectivity index (χ2n) is 3.44. The first-order valence-electron chi connectivity index (χ1n) is 4.43. The number of sulfone groups is 1. The molecule has 0 amide bonds. The lowest BCUT2D eigenvalue weighted by Gasteiger charge is -2.00. The summed E-state index contributed by atoms with van der Waals surface area (Å²) in [5.41, 5.74) is 0.949. The average Bonchev–Trinajstić information content (AvgIpc) is 2.15. The Morgan fingerprint density at radius 3 is 2.56 bits per heavy atom. The maximum atomic E-state index is 11.0. The summed E-state index contributed by atoms with van der Waals surface area (Å²) in [7, 11) is -3.24. The van der Waals surface area contributed by atoms with Crippen molar-refractivity contribution in [3.63, 3.8) is 0 Å². The Labute approximate surface area is 93.5 Å². The highest BCUT2D eigenvalue weighted by atomic mass is 32.2. The molecule has 0 aromatic heterocycles. The van der Waals surface area contributed by atoms with E-state index in [0.717, 1.165) is 11.7 Å². The number of nitrogens with zero attached hydrogens (tertiary/aromatic N) is 1. The van der Waals surface area contributed by atoms with E-state index in [1.807, 2.05) is 0 Å². The van der Waals surface area contributed by atoms with Gasteiger partial charge < -0.3 is 0 Å². The molecule has 86 valence electrons. The molecule has 16 heavy (non-hydrogen) atoms. The largest absolute Gasteiger partial charge is 0.270 e. The second-order valence-corrected chi connectivity index (χ2v) is 5.33. The molecule has 0 atom stereocenters. The summed E-state index contributed by atoms with van der Waals surface area (Å²) in [6.07, 6.45) is 1.08. The molecule has 1 aromatic carbocycles. The number of rotatable bonds is 3. The molecule has 0 unspecified atom stereocenters. The van der Waals surface area contributed by atoms with Gasteiger partial charge in [-0.1, -0.05) is 12.1 Å².